The van der Waals surface area contributed by atoms with E-state index in [0.717, 1.165) is 17.9 Å². The van der Waals surface area contributed by atoms with Crippen molar-refractivity contribution in [3.8, 4) is 11.5 Å². The number of nitrogens with one attached hydrogen (secondary N) is 1. The number of aryl methyl sites for hydroxylation is 1. The summed E-state index contributed by atoms with van der Waals surface area (Å²) in [7, 11) is 3.17. The summed E-state index contributed by atoms with van der Waals surface area (Å²) in [4.78, 5) is 13.6. The predicted octanol–water partition coefficient (Wildman–Crippen LogP) is 4.80. The Morgan fingerprint density at radius 1 is 1.15 bits per heavy atom. The van der Waals surface area contributed by atoms with Gasteiger partial charge < -0.3 is 19.4 Å². The van der Waals surface area contributed by atoms with Crippen LogP contribution in [0.3, 0.4) is 0 Å². The molecule has 1 aromatic heterocycles. The van der Waals surface area contributed by atoms with Gasteiger partial charge in [-0.25, -0.2) is 0 Å². The van der Waals surface area contributed by atoms with Gasteiger partial charge in [0.25, 0.3) is 0 Å². The Morgan fingerprint density at radius 2 is 1.96 bits per heavy atom. The Bertz CT molecular complexity index is 936. The van der Waals surface area contributed by atoms with Gasteiger partial charge in [-0.05, 0) is 24.6 Å². The minimum atomic E-state index is -0.0844. The zero-order chi connectivity index (χ0) is 19.2. The van der Waals surface area contributed by atoms with Crippen molar-refractivity contribution in [1.29, 1.82) is 0 Å². The Hall–Kier alpha value is -2.60. The van der Waals surface area contributed by atoms with Crippen molar-refractivity contribution >= 4 is 34.3 Å². The first kappa shape index (κ1) is 19.2. The average Bonchev–Trinajstić information content (AvgIpc) is 3.04. The maximum atomic E-state index is 12.5. The molecule has 27 heavy (non-hydrogen) atoms. The first-order chi connectivity index (χ1) is 13.2. The van der Waals surface area contributed by atoms with Gasteiger partial charge in [0.1, 0.15) is 11.5 Å². The molecule has 1 amide bonds. The quantitative estimate of drug-likeness (QED) is 0.567. The molecule has 2 aromatic carbocycles. The smallest absolute Gasteiger partial charge is 0.234 e. The van der Waals surface area contributed by atoms with Crippen molar-refractivity contribution in [2.75, 3.05) is 25.3 Å². The molecular formula is C21H24N2O3S. The summed E-state index contributed by atoms with van der Waals surface area (Å²) < 4.78 is 12.8. The van der Waals surface area contributed by atoms with Crippen molar-refractivity contribution in [1.82, 2.24) is 4.57 Å². The Labute approximate surface area is 163 Å². The van der Waals surface area contributed by atoms with Crippen LogP contribution in [0.5, 0.6) is 11.5 Å². The van der Waals surface area contributed by atoms with Crippen LogP contribution in [0.15, 0.2) is 53.6 Å². The number of methoxy groups -OCH3 is 2. The number of benzene rings is 2. The summed E-state index contributed by atoms with van der Waals surface area (Å²) in [6, 6.07) is 13.6. The van der Waals surface area contributed by atoms with E-state index in [2.05, 4.69) is 35.1 Å². The predicted molar refractivity (Wildman–Crippen MR) is 111 cm³/mol. The van der Waals surface area contributed by atoms with E-state index >= 15 is 0 Å². The van der Waals surface area contributed by atoms with Crippen LogP contribution in [0.2, 0.25) is 0 Å². The molecule has 142 valence electrons. The number of rotatable bonds is 8. The molecule has 6 heteroatoms. The molecule has 1 N–H and O–H groups in total. The van der Waals surface area contributed by atoms with E-state index in [-0.39, 0.29) is 5.91 Å². The summed E-state index contributed by atoms with van der Waals surface area (Å²) >= 11 is 1.54. The number of nitrogens with zero attached hydrogens (tertiary/aromatic N) is 1. The second-order valence-corrected chi connectivity index (χ2v) is 7.12. The van der Waals surface area contributed by atoms with Crippen molar-refractivity contribution < 1.29 is 14.3 Å². The molecule has 0 saturated heterocycles. The maximum absolute atomic E-state index is 12.5. The van der Waals surface area contributed by atoms with Crippen molar-refractivity contribution in [2.45, 2.75) is 24.8 Å². The molecule has 0 aliphatic rings. The van der Waals surface area contributed by atoms with Crippen LogP contribution in [0, 0.1) is 0 Å². The number of thioether (sulfide) groups is 1. The van der Waals surface area contributed by atoms with Gasteiger partial charge in [0.05, 0.1) is 25.7 Å². The molecule has 5 nitrogen and oxygen atoms in total. The molecule has 3 rings (SSSR count). The summed E-state index contributed by atoms with van der Waals surface area (Å²) in [6.07, 6.45) is 3.21. The number of ether oxygens (including phenoxy) is 2. The third-order valence-electron chi connectivity index (χ3n) is 4.26. The van der Waals surface area contributed by atoms with Crippen LogP contribution in [-0.2, 0) is 11.3 Å². The lowest BCUT2D eigenvalue weighted by Crippen LogP contribution is -2.14. The first-order valence-corrected chi connectivity index (χ1v) is 9.87. The van der Waals surface area contributed by atoms with E-state index in [0.29, 0.717) is 22.9 Å². The van der Waals surface area contributed by atoms with E-state index < -0.39 is 0 Å². The lowest BCUT2D eigenvalue weighted by molar-refractivity contribution is -0.113. The number of amides is 1. The second kappa shape index (κ2) is 8.86. The third-order valence-corrected chi connectivity index (χ3v) is 5.30. The van der Waals surface area contributed by atoms with Crippen LogP contribution in [-0.4, -0.2) is 30.4 Å². The normalized spacial score (nSPS) is 10.8. The number of anilines is 1. The average molecular weight is 385 g/mol. The molecule has 0 fully saturated rings. The van der Waals surface area contributed by atoms with Gasteiger partial charge in [-0.2, -0.15) is 0 Å². The fraction of sp³-hybridized carbons (Fsp3) is 0.286. The fourth-order valence-electron chi connectivity index (χ4n) is 3.00. The van der Waals surface area contributed by atoms with Crippen LogP contribution < -0.4 is 14.8 Å². The zero-order valence-corrected chi connectivity index (χ0v) is 16.6. The summed E-state index contributed by atoms with van der Waals surface area (Å²) in [6.45, 7) is 3.13. The number of hydrogen-bond donors (Lipinski definition) is 1. The SMILES string of the molecule is CCCn1cc(SCC(=O)Nc2cc(OC)ccc2OC)c2ccccc21. The second-order valence-electron chi connectivity index (χ2n) is 6.11. The highest BCUT2D eigenvalue weighted by molar-refractivity contribution is 8.00. The minimum Gasteiger partial charge on any atom is -0.497 e. The highest BCUT2D eigenvalue weighted by Crippen LogP contribution is 2.32. The lowest BCUT2D eigenvalue weighted by Gasteiger charge is -2.11. The Kier molecular flexibility index (Phi) is 6.29. The lowest BCUT2D eigenvalue weighted by atomic mass is 10.2. The van der Waals surface area contributed by atoms with Gasteiger partial charge in [-0.1, -0.05) is 25.1 Å². The van der Waals surface area contributed by atoms with Gasteiger partial charge in [-0.3, -0.25) is 4.79 Å². The largest absolute Gasteiger partial charge is 0.497 e. The highest BCUT2D eigenvalue weighted by atomic mass is 32.2. The standard InChI is InChI=1S/C21H24N2O3S/c1-4-11-23-13-20(16-7-5-6-8-18(16)23)27-14-21(24)22-17-12-15(25-2)9-10-19(17)26-3/h5-10,12-13H,4,11,14H2,1-3H3,(H,22,24). The molecule has 0 aliphatic carbocycles. The summed E-state index contributed by atoms with van der Waals surface area (Å²) in [5.74, 6) is 1.51. The molecule has 0 unspecified atom stereocenters. The first-order valence-electron chi connectivity index (χ1n) is 8.88. The van der Waals surface area contributed by atoms with E-state index in [9.17, 15) is 4.79 Å². The molecular weight excluding hydrogens is 360 g/mol. The molecule has 0 spiro atoms. The van der Waals surface area contributed by atoms with Crippen LogP contribution in [0.1, 0.15) is 13.3 Å². The number of hydrogen-bond acceptors (Lipinski definition) is 4. The molecule has 0 atom stereocenters. The number of para-hydroxylation sites is 1. The molecule has 0 radical (unpaired) electrons. The van der Waals surface area contributed by atoms with Gasteiger partial charge in [0.15, 0.2) is 0 Å². The van der Waals surface area contributed by atoms with Crippen molar-refractivity contribution in [2.24, 2.45) is 0 Å². The van der Waals surface area contributed by atoms with Gasteiger partial charge in [0, 0.05) is 34.6 Å². The van der Waals surface area contributed by atoms with E-state index in [1.54, 1.807) is 44.2 Å². The molecule has 3 aromatic rings. The van der Waals surface area contributed by atoms with Crippen molar-refractivity contribution in [3.05, 3.63) is 48.7 Å². The highest BCUT2D eigenvalue weighted by Gasteiger charge is 2.12. The number of fused-ring (bicyclic) bond motifs is 1. The van der Waals surface area contributed by atoms with Gasteiger partial charge in [-0.15, -0.1) is 11.8 Å². The maximum Gasteiger partial charge on any atom is 0.234 e. The van der Waals surface area contributed by atoms with Crippen LogP contribution in [0.4, 0.5) is 5.69 Å². The summed E-state index contributed by atoms with van der Waals surface area (Å²) in [5, 5.41) is 4.10. The number of carbonyl (C=O) groups excluding carboxylic acids is 1. The van der Waals surface area contributed by atoms with E-state index in [4.69, 9.17) is 9.47 Å². The zero-order valence-electron chi connectivity index (χ0n) is 15.8. The summed E-state index contributed by atoms with van der Waals surface area (Å²) in [5.41, 5.74) is 1.81. The van der Waals surface area contributed by atoms with Gasteiger partial charge >= 0.3 is 0 Å². The Morgan fingerprint density at radius 3 is 2.70 bits per heavy atom. The van der Waals surface area contributed by atoms with Crippen LogP contribution in [0.25, 0.3) is 10.9 Å². The molecule has 0 saturated carbocycles. The molecule has 0 bridgehead atoms. The number of carbonyl (C=O) groups is 1. The van der Waals surface area contributed by atoms with E-state index in [1.165, 1.54) is 10.9 Å². The van der Waals surface area contributed by atoms with Gasteiger partial charge in [0.2, 0.25) is 5.91 Å². The molecule has 1 heterocycles. The molecule has 0 aliphatic heterocycles. The van der Waals surface area contributed by atoms with Crippen molar-refractivity contribution in [3.63, 3.8) is 0 Å². The Balaban J connectivity index is 1.72. The third kappa shape index (κ3) is 4.39. The monoisotopic (exact) mass is 384 g/mol. The van der Waals surface area contributed by atoms with E-state index in [1.807, 2.05) is 12.1 Å². The minimum absolute atomic E-state index is 0.0844. The topological polar surface area (TPSA) is 52.5 Å². The number of aromatic nitrogens is 1. The fourth-order valence-corrected chi connectivity index (χ4v) is 3.88. The van der Waals surface area contributed by atoms with Crippen LogP contribution >= 0.6 is 11.8 Å².